The van der Waals surface area contributed by atoms with Crippen LogP contribution in [-0.2, 0) is 6.42 Å². The van der Waals surface area contributed by atoms with Crippen LogP contribution in [0.4, 0.5) is 0 Å². The Kier molecular flexibility index (Phi) is 5.04. The molecule has 0 amide bonds. The van der Waals surface area contributed by atoms with Crippen molar-refractivity contribution >= 4 is 0 Å². The third-order valence-electron chi connectivity index (χ3n) is 3.43. The fourth-order valence-electron chi connectivity index (χ4n) is 2.29. The van der Waals surface area contributed by atoms with Gasteiger partial charge in [0, 0.05) is 5.56 Å². The van der Waals surface area contributed by atoms with Gasteiger partial charge in [-0.2, -0.15) is 0 Å². The van der Waals surface area contributed by atoms with E-state index in [1.165, 1.54) is 5.57 Å². The summed E-state index contributed by atoms with van der Waals surface area (Å²) in [4.78, 5) is 0. The van der Waals surface area contributed by atoms with E-state index < -0.39 is 0 Å². The lowest BCUT2D eigenvalue weighted by Crippen LogP contribution is -1.97. The van der Waals surface area contributed by atoms with E-state index >= 15 is 0 Å². The Morgan fingerprint density at radius 2 is 1.48 bits per heavy atom. The second kappa shape index (κ2) is 6.98. The summed E-state index contributed by atoms with van der Waals surface area (Å²) in [6.07, 6.45) is 2.99. The molecule has 2 heteroatoms. The summed E-state index contributed by atoms with van der Waals surface area (Å²) in [6, 6.07) is 14.4. The number of hydrogen-bond acceptors (Lipinski definition) is 2. The van der Waals surface area contributed by atoms with Gasteiger partial charge in [-0.05, 0) is 43.5 Å². The van der Waals surface area contributed by atoms with E-state index in [1.54, 1.807) is 14.2 Å². The molecule has 0 aromatic heterocycles. The van der Waals surface area contributed by atoms with Gasteiger partial charge in [-0.25, -0.2) is 0 Å². The van der Waals surface area contributed by atoms with Crippen LogP contribution in [0.3, 0.4) is 0 Å². The lowest BCUT2D eigenvalue weighted by molar-refractivity contribution is 0.387. The van der Waals surface area contributed by atoms with Gasteiger partial charge in [0.15, 0.2) is 0 Å². The molecule has 0 saturated heterocycles. The van der Waals surface area contributed by atoms with Gasteiger partial charge in [-0.15, -0.1) is 0 Å². The predicted octanol–water partition coefficient (Wildman–Crippen LogP) is 4.88. The van der Waals surface area contributed by atoms with Crippen molar-refractivity contribution in [3.05, 3.63) is 59.7 Å². The first-order chi connectivity index (χ1) is 10.2. The van der Waals surface area contributed by atoms with E-state index in [0.29, 0.717) is 0 Å². The fourth-order valence-corrected chi connectivity index (χ4v) is 2.29. The number of methoxy groups -OCH3 is 2. The Hall–Kier alpha value is -2.22. The van der Waals surface area contributed by atoms with Crippen molar-refractivity contribution in [2.24, 2.45) is 0 Å². The summed E-state index contributed by atoms with van der Waals surface area (Å²) in [5, 5.41) is 0. The molecule has 2 rings (SSSR count). The molecular weight excluding hydrogens is 260 g/mol. The van der Waals surface area contributed by atoms with E-state index in [1.807, 2.05) is 18.2 Å². The minimum absolute atomic E-state index is 0.809. The average Bonchev–Trinajstić information content (AvgIpc) is 2.52. The first kappa shape index (κ1) is 15.2. The van der Waals surface area contributed by atoms with Crippen molar-refractivity contribution in [1.29, 1.82) is 0 Å². The summed E-state index contributed by atoms with van der Waals surface area (Å²) in [5.74, 6) is 1.73. The number of hydrogen-bond donors (Lipinski definition) is 0. The minimum atomic E-state index is 0.809. The summed E-state index contributed by atoms with van der Waals surface area (Å²) in [6.45, 7) is 4.19. The molecule has 0 unspecified atom stereocenters. The van der Waals surface area contributed by atoms with Crippen LogP contribution in [0.15, 0.2) is 54.1 Å². The van der Waals surface area contributed by atoms with Gasteiger partial charge in [0.1, 0.15) is 11.5 Å². The smallest absolute Gasteiger partial charge is 0.126 e. The number of ether oxygens (including phenoxy) is 2. The molecule has 0 aliphatic rings. The highest BCUT2D eigenvalue weighted by atomic mass is 16.5. The highest BCUT2D eigenvalue weighted by Crippen LogP contribution is 2.35. The van der Waals surface area contributed by atoms with Crippen molar-refractivity contribution < 1.29 is 9.47 Å². The van der Waals surface area contributed by atoms with Gasteiger partial charge >= 0.3 is 0 Å². The molecule has 0 bridgehead atoms. The first-order valence-electron chi connectivity index (χ1n) is 7.09. The minimum Gasteiger partial charge on any atom is -0.496 e. The molecule has 2 aromatic rings. The number of benzene rings is 2. The van der Waals surface area contributed by atoms with Gasteiger partial charge in [-0.3, -0.25) is 0 Å². The standard InChI is InChI=1S/C19H22O2/c1-14(2)10-11-17-18(20-3)12-16(13-19(17)21-4)15-8-6-5-7-9-15/h5-10,12-13H,11H2,1-4H3. The van der Waals surface area contributed by atoms with E-state index in [9.17, 15) is 0 Å². The zero-order valence-corrected chi connectivity index (χ0v) is 13.1. The number of rotatable bonds is 5. The van der Waals surface area contributed by atoms with Gasteiger partial charge in [0.2, 0.25) is 0 Å². The Balaban J connectivity index is 2.51. The largest absolute Gasteiger partial charge is 0.496 e. The molecule has 2 aromatic carbocycles. The van der Waals surface area contributed by atoms with Crippen LogP contribution in [0, 0.1) is 0 Å². The van der Waals surface area contributed by atoms with Gasteiger partial charge in [0.25, 0.3) is 0 Å². The SMILES string of the molecule is COc1cc(-c2ccccc2)cc(OC)c1CC=C(C)C. The highest BCUT2D eigenvalue weighted by Gasteiger charge is 2.12. The van der Waals surface area contributed by atoms with E-state index in [-0.39, 0.29) is 0 Å². The van der Waals surface area contributed by atoms with Gasteiger partial charge in [0.05, 0.1) is 14.2 Å². The van der Waals surface area contributed by atoms with E-state index in [2.05, 4.69) is 44.2 Å². The van der Waals surface area contributed by atoms with Crippen LogP contribution < -0.4 is 9.47 Å². The number of allylic oxidation sites excluding steroid dienone is 2. The van der Waals surface area contributed by atoms with Gasteiger partial charge < -0.3 is 9.47 Å². The predicted molar refractivity (Wildman–Crippen MR) is 88.1 cm³/mol. The van der Waals surface area contributed by atoms with Crippen LogP contribution in [0.1, 0.15) is 19.4 Å². The maximum absolute atomic E-state index is 5.57. The molecule has 0 spiro atoms. The topological polar surface area (TPSA) is 18.5 Å². The zero-order chi connectivity index (χ0) is 15.2. The Morgan fingerprint density at radius 3 is 1.95 bits per heavy atom. The quantitative estimate of drug-likeness (QED) is 0.728. The zero-order valence-electron chi connectivity index (χ0n) is 13.1. The molecular formula is C19H22O2. The molecule has 21 heavy (non-hydrogen) atoms. The van der Waals surface area contributed by atoms with Crippen molar-refractivity contribution in [1.82, 2.24) is 0 Å². The third kappa shape index (κ3) is 3.66. The molecule has 0 saturated carbocycles. The maximum Gasteiger partial charge on any atom is 0.126 e. The monoisotopic (exact) mass is 282 g/mol. The van der Waals surface area contributed by atoms with Crippen molar-refractivity contribution in [3.63, 3.8) is 0 Å². The normalized spacial score (nSPS) is 10.1. The van der Waals surface area contributed by atoms with Crippen LogP contribution >= 0.6 is 0 Å². The second-order valence-electron chi connectivity index (χ2n) is 5.21. The molecule has 2 nitrogen and oxygen atoms in total. The van der Waals surface area contributed by atoms with Crippen LogP contribution in [0.2, 0.25) is 0 Å². The lowest BCUT2D eigenvalue weighted by atomic mass is 10.00. The van der Waals surface area contributed by atoms with Crippen molar-refractivity contribution in [2.45, 2.75) is 20.3 Å². The Labute approximate surface area is 127 Å². The van der Waals surface area contributed by atoms with Crippen LogP contribution in [0.25, 0.3) is 11.1 Å². The molecule has 0 aliphatic heterocycles. The molecule has 110 valence electrons. The first-order valence-corrected chi connectivity index (χ1v) is 7.09. The second-order valence-corrected chi connectivity index (χ2v) is 5.21. The molecule has 0 aliphatic carbocycles. The van der Waals surface area contributed by atoms with Crippen LogP contribution in [-0.4, -0.2) is 14.2 Å². The average molecular weight is 282 g/mol. The van der Waals surface area contributed by atoms with Crippen molar-refractivity contribution in [3.8, 4) is 22.6 Å². The van der Waals surface area contributed by atoms with E-state index in [0.717, 1.165) is 34.6 Å². The summed E-state index contributed by atoms with van der Waals surface area (Å²) >= 11 is 0. The molecule has 0 radical (unpaired) electrons. The fraction of sp³-hybridized carbons (Fsp3) is 0.263. The molecule has 0 fully saturated rings. The molecule has 0 N–H and O–H groups in total. The Bertz CT molecular complexity index is 598. The summed E-state index contributed by atoms with van der Waals surface area (Å²) < 4.78 is 11.1. The molecule has 0 heterocycles. The lowest BCUT2D eigenvalue weighted by Gasteiger charge is -2.15. The third-order valence-corrected chi connectivity index (χ3v) is 3.43. The maximum atomic E-state index is 5.57. The highest BCUT2D eigenvalue weighted by molar-refractivity contribution is 5.69. The van der Waals surface area contributed by atoms with E-state index in [4.69, 9.17) is 9.47 Å². The van der Waals surface area contributed by atoms with Crippen LogP contribution in [0.5, 0.6) is 11.5 Å². The van der Waals surface area contributed by atoms with Gasteiger partial charge in [-0.1, -0.05) is 42.0 Å². The summed E-state index contributed by atoms with van der Waals surface area (Å²) in [5.41, 5.74) is 4.63. The molecule has 0 atom stereocenters. The Morgan fingerprint density at radius 1 is 0.905 bits per heavy atom. The van der Waals surface area contributed by atoms with Crippen molar-refractivity contribution in [2.75, 3.05) is 14.2 Å². The summed E-state index contributed by atoms with van der Waals surface area (Å²) in [7, 11) is 3.41.